The summed E-state index contributed by atoms with van der Waals surface area (Å²) in [5, 5.41) is 7.47. The van der Waals surface area contributed by atoms with E-state index in [1.807, 2.05) is 4.57 Å². The first-order valence-electron chi connectivity index (χ1n) is 4.26. The van der Waals surface area contributed by atoms with Crippen molar-refractivity contribution in [3.8, 4) is 0 Å². The topological polar surface area (TPSA) is 30.7 Å². The van der Waals surface area contributed by atoms with E-state index in [1.54, 1.807) is 12.7 Å². The molecule has 0 fully saturated rings. The first-order valence-corrected chi connectivity index (χ1v) is 4.26. The molecule has 0 unspecified atom stereocenters. The molecule has 0 atom stereocenters. The summed E-state index contributed by atoms with van der Waals surface area (Å²) in [6.07, 6.45) is 8.72. The number of aryl methyl sites for hydroxylation is 1. The van der Waals surface area contributed by atoms with Gasteiger partial charge in [-0.3, -0.25) is 0 Å². The van der Waals surface area contributed by atoms with Gasteiger partial charge in [0.15, 0.2) is 0 Å². The second kappa shape index (κ2) is 4.88. The number of nitrogens with zero attached hydrogens (tertiary/aromatic N) is 3. The predicted octanol–water partition coefficient (Wildman–Crippen LogP) is 1.86. The van der Waals surface area contributed by atoms with Crippen LogP contribution in [0.1, 0.15) is 32.6 Å². The Morgan fingerprint density at radius 3 is 2.45 bits per heavy atom. The van der Waals surface area contributed by atoms with Crippen LogP contribution in [0.2, 0.25) is 0 Å². The van der Waals surface area contributed by atoms with Gasteiger partial charge < -0.3 is 4.57 Å². The summed E-state index contributed by atoms with van der Waals surface area (Å²) < 4.78 is 2.02. The second-order valence-corrected chi connectivity index (χ2v) is 2.76. The monoisotopic (exact) mass is 153 g/mol. The van der Waals surface area contributed by atoms with Crippen LogP contribution in [0.25, 0.3) is 0 Å². The van der Waals surface area contributed by atoms with Gasteiger partial charge in [0.2, 0.25) is 0 Å². The lowest BCUT2D eigenvalue weighted by Crippen LogP contribution is -1.93. The highest BCUT2D eigenvalue weighted by atomic mass is 15.2. The minimum atomic E-state index is 1.06. The molecule has 0 aliphatic rings. The van der Waals surface area contributed by atoms with E-state index in [2.05, 4.69) is 17.1 Å². The highest BCUT2D eigenvalue weighted by molar-refractivity contribution is 4.59. The van der Waals surface area contributed by atoms with Gasteiger partial charge in [0, 0.05) is 6.54 Å². The Labute approximate surface area is 67.4 Å². The lowest BCUT2D eigenvalue weighted by atomic mass is 10.2. The molecule has 3 heteroatoms. The Hall–Kier alpha value is -0.860. The number of aromatic nitrogens is 3. The van der Waals surface area contributed by atoms with Crippen molar-refractivity contribution in [2.45, 2.75) is 39.2 Å². The van der Waals surface area contributed by atoms with Crippen molar-refractivity contribution in [1.29, 1.82) is 0 Å². The molecular weight excluding hydrogens is 138 g/mol. The Morgan fingerprint density at radius 1 is 1.09 bits per heavy atom. The number of hydrogen-bond donors (Lipinski definition) is 0. The van der Waals surface area contributed by atoms with E-state index in [1.165, 1.54) is 25.7 Å². The summed E-state index contributed by atoms with van der Waals surface area (Å²) in [7, 11) is 0. The van der Waals surface area contributed by atoms with Gasteiger partial charge >= 0.3 is 0 Å². The maximum Gasteiger partial charge on any atom is 0.119 e. The van der Waals surface area contributed by atoms with Crippen LogP contribution in [0.15, 0.2) is 12.7 Å². The van der Waals surface area contributed by atoms with Gasteiger partial charge in [-0.1, -0.05) is 26.2 Å². The van der Waals surface area contributed by atoms with Crippen molar-refractivity contribution in [3.05, 3.63) is 12.7 Å². The van der Waals surface area contributed by atoms with E-state index < -0.39 is 0 Å². The van der Waals surface area contributed by atoms with E-state index >= 15 is 0 Å². The maximum atomic E-state index is 3.73. The van der Waals surface area contributed by atoms with E-state index in [0.717, 1.165) is 6.54 Å². The molecule has 1 rings (SSSR count). The van der Waals surface area contributed by atoms with Crippen LogP contribution >= 0.6 is 0 Å². The molecule has 0 amide bonds. The molecule has 0 aliphatic heterocycles. The fourth-order valence-corrected chi connectivity index (χ4v) is 1.06. The Balaban J connectivity index is 2.04. The molecule has 1 heterocycles. The van der Waals surface area contributed by atoms with Crippen LogP contribution in [0.4, 0.5) is 0 Å². The number of unbranched alkanes of at least 4 members (excludes halogenated alkanes) is 3. The molecule has 62 valence electrons. The zero-order chi connectivity index (χ0) is 7.94. The average molecular weight is 153 g/mol. The smallest absolute Gasteiger partial charge is 0.119 e. The molecule has 0 saturated heterocycles. The normalized spacial score (nSPS) is 10.3. The molecule has 11 heavy (non-hydrogen) atoms. The zero-order valence-electron chi connectivity index (χ0n) is 7.03. The molecule has 0 N–H and O–H groups in total. The van der Waals surface area contributed by atoms with Crippen LogP contribution in [-0.2, 0) is 6.54 Å². The Kier molecular flexibility index (Phi) is 3.65. The lowest BCUT2D eigenvalue weighted by Gasteiger charge is -1.98. The summed E-state index contributed by atoms with van der Waals surface area (Å²) in [6, 6.07) is 0. The number of rotatable bonds is 5. The first kappa shape index (κ1) is 8.24. The van der Waals surface area contributed by atoms with Crippen LogP contribution in [0, 0.1) is 0 Å². The zero-order valence-corrected chi connectivity index (χ0v) is 7.03. The third-order valence-electron chi connectivity index (χ3n) is 1.74. The maximum absolute atomic E-state index is 3.73. The van der Waals surface area contributed by atoms with Crippen molar-refractivity contribution in [2.75, 3.05) is 0 Å². The molecule has 0 radical (unpaired) electrons. The van der Waals surface area contributed by atoms with Gasteiger partial charge in [-0.2, -0.15) is 0 Å². The molecule has 0 aliphatic carbocycles. The SMILES string of the molecule is CCCCCCn1cnnc1. The molecule has 3 nitrogen and oxygen atoms in total. The van der Waals surface area contributed by atoms with Crippen molar-refractivity contribution in [1.82, 2.24) is 14.8 Å². The molecule has 0 aromatic carbocycles. The molecule has 0 saturated carbocycles. The largest absolute Gasteiger partial charge is 0.320 e. The lowest BCUT2D eigenvalue weighted by molar-refractivity contribution is 0.581. The van der Waals surface area contributed by atoms with Crippen LogP contribution in [-0.4, -0.2) is 14.8 Å². The Bertz CT molecular complexity index is 169. The molecule has 0 spiro atoms. The van der Waals surface area contributed by atoms with Crippen molar-refractivity contribution in [3.63, 3.8) is 0 Å². The van der Waals surface area contributed by atoms with Gasteiger partial charge in [-0.25, -0.2) is 0 Å². The molecule has 0 bridgehead atoms. The molecular formula is C8H15N3. The van der Waals surface area contributed by atoms with Crippen molar-refractivity contribution in [2.24, 2.45) is 0 Å². The van der Waals surface area contributed by atoms with Gasteiger partial charge in [0.25, 0.3) is 0 Å². The third kappa shape index (κ3) is 3.16. The van der Waals surface area contributed by atoms with E-state index in [0.29, 0.717) is 0 Å². The standard InChI is InChI=1S/C8H15N3/c1-2-3-4-5-6-11-7-9-10-8-11/h7-8H,2-6H2,1H3. The van der Waals surface area contributed by atoms with Gasteiger partial charge in [-0.15, -0.1) is 10.2 Å². The van der Waals surface area contributed by atoms with Crippen LogP contribution in [0.5, 0.6) is 0 Å². The minimum absolute atomic E-state index is 1.06. The predicted molar refractivity (Wildman–Crippen MR) is 44.2 cm³/mol. The van der Waals surface area contributed by atoms with E-state index in [4.69, 9.17) is 0 Å². The second-order valence-electron chi connectivity index (χ2n) is 2.76. The van der Waals surface area contributed by atoms with Gasteiger partial charge in [0.1, 0.15) is 12.7 Å². The fourth-order valence-electron chi connectivity index (χ4n) is 1.06. The quantitative estimate of drug-likeness (QED) is 0.604. The summed E-state index contributed by atoms with van der Waals surface area (Å²) in [4.78, 5) is 0. The van der Waals surface area contributed by atoms with Crippen molar-refractivity contribution < 1.29 is 0 Å². The fraction of sp³-hybridized carbons (Fsp3) is 0.750. The third-order valence-corrected chi connectivity index (χ3v) is 1.74. The Morgan fingerprint density at radius 2 is 1.82 bits per heavy atom. The van der Waals surface area contributed by atoms with Crippen LogP contribution in [0.3, 0.4) is 0 Å². The van der Waals surface area contributed by atoms with Gasteiger partial charge in [-0.05, 0) is 6.42 Å². The minimum Gasteiger partial charge on any atom is -0.320 e. The van der Waals surface area contributed by atoms with Crippen molar-refractivity contribution >= 4 is 0 Å². The highest BCUT2D eigenvalue weighted by Crippen LogP contribution is 2.00. The summed E-state index contributed by atoms with van der Waals surface area (Å²) >= 11 is 0. The van der Waals surface area contributed by atoms with Crippen LogP contribution < -0.4 is 0 Å². The van der Waals surface area contributed by atoms with E-state index in [9.17, 15) is 0 Å². The first-order chi connectivity index (χ1) is 5.43. The highest BCUT2D eigenvalue weighted by Gasteiger charge is 1.89. The molecule has 1 aromatic rings. The average Bonchev–Trinajstić information content (AvgIpc) is 2.50. The number of hydrogen-bond acceptors (Lipinski definition) is 2. The summed E-state index contributed by atoms with van der Waals surface area (Å²) in [5.41, 5.74) is 0. The van der Waals surface area contributed by atoms with Gasteiger partial charge in [0.05, 0.1) is 0 Å². The molecule has 1 aromatic heterocycles. The summed E-state index contributed by atoms with van der Waals surface area (Å²) in [5.74, 6) is 0. The van der Waals surface area contributed by atoms with E-state index in [-0.39, 0.29) is 0 Å². The summed E-state index contributed by atoms with van der Waals surface area (Å²) in [6.45, 7) is 3.28.